The van der Waals surface area contributed by atoms with E-state index in [1.54, 1.807) is 0 Å². The summed E-state index contributed by atoms with van der Waals surface area (Å²) in [6.07, 6.45) is 2.67. The molecule has 2 aromatic rings. The molecule has 101 valence electrons. The summed E-state index contributed by atoms with van der Waals surface area (Å²) in [6, 6.07) is 0. The molecule has 0 aromatic carbocycles. The molecule has 0 saturated heterocycles. The van der Waals surface area contributed by atoms with Gasteiger partial charge in [-0.1, -0.05) is 23.2 Å². The van der Waals surface area contributed by atoms with Crippen molar-refractivity contribution in [2.45, 2.75) is 6.92 Å². The lowest BCUT2D eigenvalue weighted by molar-refractivity contribution is 0.103. The van der Waals surface area contributed by atoms with Crippen molar-refractivity contribution in [1.82, 2.24) is 19.9 Å². The van der Waals surface area contributed by atoms with Gasteiger partial charge in [0.25, 0.3) is 0 Å². The van der Waals surface area contributed by atoms with E-state index < -0.39 is 5.78 Å². The fourth-order valence-electron chi connectivity index (χ4n) is 1.41. The number of rotatable bonds is 3. The summed E-state index contributed by atoms with van der Waals surface area (Å²) in [6.45, 7) is 1.53. The Bertz CT molecular complexity index is 721. The normalized spacial score (nSPS) is 10.4. The van der Waals surface area contributed by atoms with Gasteiger partial charge in [0, 0.05) is 6.20 Å². The molecule has 0 unspecified atom stereocenters. The molecule has 2 aromatic heterocycles. The first kappa shape index (κ1) is 14.8. The highest BCUT2D eigenvalue weighted by atomic mass is 35.5. The zero-order chi connectivity index (χ0) is 14.9. The van der Waals surface area contributed by atoms with Gasteiger partial charge in [0.1, 0.15) is 21.8 Å². The first-order valence-corrected chi connectivity index (χ1v) is 6.22. The van der Waals surface area contributed by atoms with Crippen molar-refractivity contribution in [3.05, 3.63) is 44.4 Å². The minimum Gasteiger partial charge on any atom is -0.287 e. The van der Waals surface area contributed by atoms with Gasteiger partial charge in [-0.3, -0.25) is 9.59 Å². The Morgan fingerprint density at radius 3 is 2.45 bits per heavy atom. The molecule has 2 rings (SSSR count). The predicted molar refractivity (Wildman–Crippen MR) is 72.1 cm³/mol. The van der Waals surface area contributed by atoms with E-state index >= 15 is 0 Å². The van der Waals surface area contributed by atoms with Crippen molar-refractivity contribution in [2.24, 2.45) is 0 Å². The van der Waals surface area contributed by atoms with Crippen LogP contribution in [0.25, 0.3) is 0 Å². The minimum absolute atomic E-state index is 0.0540. The van der Waals surface area contributed by atoms with Crippen LogP contribution in [0.1, 0.15) is 27.4 Å². The van der Waals surface area contributed by atoms with E-state index in [9.17, 15) is 9.59 Å². The molecule has 9 heteroatoms. The highest BCUT2D eigenvalue weighted by Crippen LogP contribution is 2.21. The number of halogens is 3. The topological polar surface area (TPSA) is 85.7 Å². The Kier molecular flexibility index (Phi) is 4.27. The summed E-state index contributed by atoms with van der Waals surface area (Å²) in [5, 5.41) is -0.424. The molecule has 0 aliphatic carbocycles. The molecule has 0 bridgehead atoms. The lowest BCUT2D eigenvalue weighted by Crippen LogP contribution is -2.12. The number of hydrogen-bond acceptors (Lipinski definition) is 6. The van der Waals surface area contributed by atoms with Gasteiger partial charge in [-0.25, -0.2) is 19.9 Å². The summed E-state index contributed by atoms with van der Waals surface area (Å²) in [5.74, 6) is -0.444. The van der Waals surface area contributed by atoms with E-state index in [1.165, 1.54) is 13.2 Å². The van der Waals surface area contributed by atoms with Crippen LogP contribution < -0.4 is 0 Å². The van der Waals surface area contributed by atoms with Crippen LogP contribution in [0.3, 0.4) is 0 Å². The van der Waals surface area contributed by atoms with Crippen LogP contribution in [0, 0.1) is 6.92 Å². The third kappa shape index (κ3) is 2.77. The molecule has 1 radical (unpaired) electrons. The second-order valence-electron chi connectivity index (χ2n) is 3.56. The van der Waals surface area contributed by atoms with Crippen molar-refractivity contribution in [2.75, 3.05) is 0 Å². The van der Waals surface area contributed by atoms with Crippen molar-refractivity contribution < 1.29 is 9.59 Å². The molecule has 0 atom stereocenters. The fourth-order valence-corrected chi connectivity index (χ4v) is 2.06. The van der Waals surface area contributed by atoms with E-state index in [4.69, 9.17) is 34.8 Å². The van der Waals surface area contributed by atoms with Gasteiger partial charge >= 0.3 is 0 Å². The smallest absolute Gasteiger partial charge is 0.239 e. The first-order valence-electron chi connectivity index (χ1n) is 5.09. The molecule has 0 aliphatic rings. The van der Waals surface area contributed by atoms with Crippen LogP contribution in [-0.4, -0.2) is 32.0 Å². The van der Waals surface area contributed by atoms with Crippen molar-refractivity contribution in [1.29, 1.82) is 0 Å². The molecule has 0 amide bonds. The van der Waals surface area contributed by atoms with Gasteiger partial charge < -0.3 is 0 Å². The average Bonchev–Trinajstić information content (AvgIpc) is 2.37. The highest BCUT2D eigenvalue weighted by Gasteiger charge is 2.23. The summed E-state index contributed by atoms with van der Waals surface area (Å²) in [4.78, 5) is 38.2. The number of hydrogen-bond donors (Lipinski definition) is 0. The van der Waals surface area contributed by atoms with Crippen LogP contribution in [0.15, 0.2) is 6.20 Å². The molecule has 6 nitrogen and oxygen atoms in total. The van der Waals surface area contributed by atoms with Crippen LogP contribution in [0.2, 0.25) is 15.6 Å². The summed E-state index contributed by atoms with van der Waals surface area (Å²) in [5.41, 5.74) is -0.514. The number of aryl methyl sites for hydroxylation is 1. The summed E-state index contributed by atoms with van der Waals surface area (Å²) >= 11 is 17.1. The van der Waals surface area contributed by atoms with Gasteiger partial charge in [0.15, 0.2) is 0 Å². The maximum atomic E-state index is 12.3. The number of carbonyl (C=O) groups excluding carboxylic acids is 2. The number of aromatic nitrogens is 4. The molecule has 0 N–H and O–H groups in total. The quantitative estimate of drug-likeness (QED) is 0.487. The number of nitrogens with zero attached hydrogens (tertiary/aromatic N) is 4. The first-order chi connectivity index (χ1) is 9.43. The van der Waals surface area contributed by atoms with E-state index in [1.807, 2.05) is 0 Å². The molecule has 0 saturated carbocycles. The van der Waals surface area contributed by atoms with Gasteiger partial charge in [0.2, 0.25) is 17.4 Å². The van der Waals surface area contributed by atoms with Crippen LogP contribution in [-0.2, 0) is 4.79 Å². The molecule has 2 heterocycles. The molecular weight excluding hydrogens is 327 g/mol. The molecule has 0 fully saturated rings. The van der Waals surface area contributed by atoms with E-state index in [0.29, 0.717) is 0 Å². The second-order valence-corrected chi connectivity index (χ2v) is 4.61. The van der Waals surface area contributed by atoms with Crippen molar-refractivity contribution in [3.63, 3.8) is 0 Å². The average molecular weight is 331 g/mol. The SMILES string of the molecule is Cc1nc(Cl)c([C]=O)c(C(=O)c2cnc(Cl)nc2Cl)n1. The van der Waals surface area contributed by atoms with Crippen LogP contribution in [0.4, 0.5) is 0 Å². The predicted octanol–water partition coefficient (Wildman–Crippen LogP) is 2.22. The lowest BCUT2D eigenvalue weighted by Gasteiger charge is -2.06. The Balaban J connectivity index is 2.61. The largest absolute Gasteiger partial charge is 0.287 e. The second kappa shape index (κ2) is 5.78. The van der Waals surface area contributed by atoms with Crippen LogP contribution in [0.5, 0.6) is 0 Å². The Morgan fingerprint density at radius 2 is 1.85 bits per heavy atom. The maximum absolute atomic E-state index is 12.3. The Hall–Kier alpha value is -1.63. The molecular formula is C11H4Cl3N4O2. The fraction of sp³-hybridized carbons (Fsp3) is 0.0909. The van der Waals surface area contributed by atoms with Gasteiger partial charge in [0.05, 0.1) is 11.1 Å². The molecule has 0 spiro atoms. The zero-order valence-electron chi connectivity index (χ0n) is 9.82. The molecule has 20 heavy (non-hydrogen) atoms. The zero-order valence-corrected chi connectivity index (χ0v) is 12.1. The van der Waals surface area contributed by atoms with Crippen molar-refractivity contribution in [3.8, 4) is 0 Å². The summed E-state index contributed by atoms with van der Waals surface area (Å²) < 4.78 is 0. The van der Waals surface area contributed by atoms with Gasteiger partial charge in [-0.15, -0.1) is 0 Å². The Labute approximate surface area is 128 Å². The number of carbonyl (C=O) groups is 1. The monoisotopic (exact) mass is 329 g/mol. The van der Waals surface area contributed by atoms with Crippen LogP contribution >= 0.6 is 34.8 Å². The van der Waals surface area contributed by atoms with E-state index in [2.05, 4.69) is 19.9 Å². The van der Waals surface area contributed by atoms with Crippen molar-refractivity contribution >= 4 is 46.9 Å². The summed E-state index contributed by atoms with van der Waals surface area (Å²) in [7, 11) is 0. The third-order valence-corrected chi connectivity index (χ3v) is 2.99. The van der Waals surface area contributed by atoms with Gasteiger partial charge in [-0.2, -0.15) is 0 Å². The highest BCUT2D eigenvalue weighted by molar-refractivity contribution is 6.36. The van der Waals surface area contributed by atoms with Gasteiger partial charge in [-0.05, 0) is 18.5 Å². The minimum atomic E-state index is -0.669. The molecule has 0 aliphatic heterocycles. The van der Waals surface area contributed by atoms with E-state index in [0.717, 1.165) is 6.20 Å². The lowest BCUT2D eigenvalue weighted by atomic mass is 10.1. The standard InChI is InChI=1S/C11H4Cl3N4O2/c1-4-16-7(6(3-19)10(13)17-4)8(20)5-2-15-11(14)18-9(5)12/h2H,1H3. The van der Waals surface area contributed by atoms with E-state index in [-0.39, 0.29) is 38.2 Å². The Morgan fingerprint density at radius 1 is 1.15 bits per heavy atom. The maximum Gasteiger partial charge on any atom is 0.239 e. The number of ketones is 1. The third-order valence-electron chi connectivity index (χ3n) is 2.25.